The molecule has 0 saturated carbocycles. The molecule has 1 aromatic carbocycles. The van der Waals surface area contributed by atoms with Gasteiger partial charge >= 0.3 is 24.1 Å². The number of carbonyl (C=O) groups is 3. The number of aromatic carboxylic acids is 3. The first-order valence-corrected chi connectivity index (χ1v) is 8.70. The van der Waals surface area contributed by atoms with Gasteiger partial charge in [-0.1, -0.05) is 0 Å². The highest BCUT2D eigenvalue weighted by molar-refractivity contribution is 5.94. The van der Waals surface area contributed by atoms with Crippen molar-refractivity contribution in [3.8, 4) is 5.82 Å². The van der Waals surface area contributed by atoms with Crippen LogP contribution in [0.5, 0.6) is 0 Å². The topological polar surface area (TPSA) is 143 Å². The summed E-state index contributed by atoms with van der Waals surface area (Å²) in [4.78, 5) is 35.4. The molecule has 0 unspecified atom stereocenters. The smallest absolute Gasteiger partial charge is 0.418 e. The molecule has 0 aliphatic rings. The van der Waals surface area contributed by atoms with Crippen LogP contribution in [0.25, 0.3) is 5.82 Å². The van der Waals surface area contributed by atoms with Crippen LogP contribution >= 0.6 is 0 Å². The van der Waals surface area contributed by atoms with E-state index in [1.807, 2.05) is 0 Å². The molecule has 0 bridgehead atoms. The van der Waals surface area contributed by atoms with Gasteiger partial charge < -0.3 is 15.3 Å². The lowest BCUT2D eigenvalue weighted by atomic mass is 10.1. The van der Waals surface area contributed by atoms with Crippen molar-refractivity contribution in [2.75, 3.05) is 0 Å². The van der Waals surface area contributed by atoms with Gasteiger partial charge in [0.05, 0.1) is 28.5 Å². The van der Waals surface area contributed by atoms with E-state index < -0.39 is 29.6 Å². The highest BCUT2D eigenvalue weighted by Gasteiger charge is 2.33. The lowest BCUT2D eigenvalue weighted by molar-refractivity contribution is -0.138. The Kier molecular flexibility index (Phi) is 6.98. The van der Waals surface area contributed by atoms with Crippen LogP contribution in [0.4, 0.5) is 13.2 Å². The van der Waals surface area contributed by atoms with Gasteiger partial charge in [0.2, 0.25) is 0 Å². The second kappa shape index (κ2) is 9.29. The summed E-state index contributed by atoms with van der Waals surface area (Å²) in [5.74, 6) is -3.29. The molecule has 2 heterocycles. The Morgan fingerprint density at radius 3 is 1.78 bits per heavy atom. The fourth-order valence-corrected chi connectivity index (χ4v) is 2.55. The van der Waals surface area contributed by atoms with Crippen LogP contribution in [0.1, 0.15) is 47.8 Å². The van der Waals surface area contributed by atoms with E-state index >= 15 is 0 Å². The van der Waals surface area contributed by atoms with E-state index in [1.165, 1.54) is 31.3 Å². The van der Waals surface area contributed by atoms with Crippen molar-refractivity contribution in [1.82, 2.24) is 14.8 Å². The molecule has 32 heavy (non-hydrogen) atoms. The minimum absolute atomic E-state index is 0.00241. The number of carboxylic acids is 3. The summed E-state index contributed by atoms with van der Waals surface area (Å²) < 4.78 is 38.8. The Morgan fingerprint density at radius 1 is 0.844 bits per heavy atom. The number of nitrogens with zero attached hydrogens (tertiary/aromatic N) is 3. The summed E-state index contributed by atoms with van der Waals surface area (Å²) >= 11 is 0. The summed E-state index contributed by atoms with van der Waals surface area (Å²) in [6.45, 7) is 2.95. The maximum absolute atomic E-state index is 12.6. The molecule has 12 heteroatoms. The fraction of sp³-hybridized carbons (Fsp3) is 0.150. The molecular weight excluding hydrogens is 435 g/mol. The first-order valence-electron chi connectivity index (χ1n) is 8.70. The van der Waals surface area contributed by atoms with E-state index in [9.17, 15) is 27.6 Å². The lowest BCUT2D eigenvalue weighted by Crippen LogP contribution is -2.10. The van der Waals surface area contributed by atoms with Crippen molar-refractivity contribution >= 4 is 17.9 Å². The summed E-state index contributed by atoms with van der Waals surface area (Å²) in [6, 6.07) is 5.18. The van der Waals surface area contributed by atoms with E-state index in [-0.39, 0.29) is 28.1 Å². The maximum atomic E-state index is 12.6. The third-order valence-corrected chi connectivity index (χ3v) is 4.04. The minimum atomic E-state index is -4.47. The van der Waals surface area contributed by atoms with Crippen molar-refractivity contribution in [2.45, 2.75) is 20.0 Å². The zero-order valence-electron chi connectivity index (χ0n) is 16.6. The molecule has 0 radical (unpaired) electrons. The number of hydrogen-bond acceptors (Lipinski definition) is 5. The molecule has 0 saturated heterocycles. The third-order valence-electron chi connectivity index (χ3n) is 4.04. The number of aromatic nitrogens is 3. The Bertz CT molecular complexity index is 1160. The van der Waals surface area contributed by atoms with Crippen molar-refractivity contribution in [3.05, 3.63) is 76.2 Å². The Morgan fingerprint density at radius 2 is 1.38 bits per heavy atom. The SMILES string of the molecule is Cc1cc(-n2cc(C(=O)O)cn2)ncc1C(F)(F)F.Cc1cc(C(=O)O)cc(C(=O)O)c1. The summed E-state index contributed by atoms with van der Waals surface area (Å²) in [6.07, 6.45) is -1.49. The average molecular weight is 451 g/mol. The number of pyridine rings is 1. The number of benzene rings is 1. The molecule has 9 nitrogen and oxygen atoms in total. The molecule has 3 N–H and O–H groups in total. The minimum Gasteiger partial charge on any atom is -0.478 e. The highest BCUT2D eigenvalue weighted by atomic mass is 19.4. The highest BCUT2D eigenvalue weighted by Crippen LogP contribution is 2.31. The van der Waals surface area contributed by atoms with Gasteiger partial charge in [0.25, 0.3) is 0 Å². The predicted octanol–water partition coefficient (Wildman–Crippen LogP) is 3.68. The average Bonchev–Trinajstić information content (AvgIpc) is 3.17. The van der Waals surface area contributed by atoms with Crippen molar-refractivity contribution in [1.29, 1.82) is 0 Å². The molecule has 0 amide bonds. The molecule has 0 spiro atoms. The molecule has 3 rings (SSSR count). The van der Waals surface area contributed by atoms with E-state index in [0.717, 1.165) is 16.9 Å². The molecule has 0 atom stereocenters. The second-order valence-corrected chi connectivity index (χ2v) is 6.53. The van der Waals surface area contributed by atoms with Crippen LogP contribution in [-0.2, 0) is 6.18 Å². The molecular formula is C20H16F3N3O6. The quantitative estimate of drug-likeness (QED) is 0.545. The number of halogens is 3. The van der Waals surface area contributed by atoms with Gasteiger partial charge in [-0.2, -0.15) is 18.3 Å². The zero-order chi connectivity index (χ0) is 24.2. The molecule has 168 valence electrons. The van der Waals surface area contributed by atoms with E-state index in [0.29, 0.717) is 11.8 Å². The fourth-order valence-electron chi connectivity index (χ4n) is 2.55. The number of carboxylic acid groups (broad SMARTS) is 3. The number of aryl methyl sites for hydroxylation is 2. The van der Waals surface area contributed by atoms with Crippen molar-refractivity contribution < 1.29 is 42.9 Å². The largest absolute Gasteiger partial charge is 0.478 e. The molecule has 0 fully saturated rings. The van der Waals surface area contributed by atoms with Crippen molar-refractivity contribution in [2.24, 2.45) is 0 Å². The Labute approximate surface area is 178 Å². The van der Waals surface area contributed by atoms with Gasteiger partial charge in [0.15, 0.2) is 5.82 Å². The monoisotopic (exact) mass is 451 g/mol. The van der Waals surface area contributed by atoms with E-state index in [1.54, 1.807) is 6.92 Å². The third kappa shape index (κ3) is 5.90. The first-order chi connectivity index (χ1) is 14.8. The maximum Gasteiger partial charge on any atom is 0.418 e. The lowest BCUT2D eigenvalue weighted by Gasteiger charge is -2.10. The van der Waals surface area contributed by atoms with Crippen LogP contribution in [0.3, 0.4) is 0 Å². The van der Waals surface area contributed by atoms with Gasteiger partial charge in [0.1, 0.15) is 0 Å². The molecule has 2 aromatic heterocycles. The second-order valence-electron chi connectivity index (χ2n) is 6.53. The van der Waals surface area contributed by atoms with Crippen LogP contribution in [0.15, 0.2) is 42.9 Å². The van der Waals surface area contributed by atoms with Gasteiger partial charge in [0, 0.05) is 12.4 Å². The van der Waals surface area contributed by atoms with Gasteiger partial charge in [-0.25, -0.2) is 24.0 Å². The van der Waals surface area contributed by atoms with E-state index in [2.05, 4.69) is 10.1 Å². The first kappa shape index (κ1) is 24.1. The molecule has 3 aromatic rings. The van der Waals surface area contributed by atoms with Crippen LogP contribution in [-0.4, -0.2) is 48.0 Å². The molecule has 0 aliphatic carbocycles. The van der Waals surface area contributed by atoms with Gasteiger partial charge in [-0.05, 0) is 49.2 Å². The van der Waals surface area contributed by atoms with E-state index in [4.69, 9.17) is 15.3 Å². The van der Waals surface area contributed by atoms with Crippen LogP contribution < -0.4 is 0 Å². The number of rotatable bonds is 4. The summed E-state index contributed by atoms with van der Waals surface area (Å²) in [5.41, 5.74) is -0.293. The summed E-state index contributed by atoms with van der Waals surface area (Å²) in [7, 11) is 0. The standard InChI is InChI=1S/C11H8F3N3O2.C9H8O4/c1-6-2-9(15-4-8(6)11(12,13)14)17-5-7(3-16-17)10(18)19;1-5-2-6(8(10)11)4-7(3-5)9(12)13/h2-5H,1H3,(H,18,19);2-4H,1H3,(H,10,11)(H,12,13). The van der Waals surface area contributed by atoms with Gasteiger partial charge in [-0.15, -0.1) is 0 Å². The Hall–Kier alpha value is -4.22. The number of hydrogen-bond donors (Lipinski definition) is 3. The summed E-state index contributed by atoms with van der Waals surface area (Å²) in [5, 5.41) is 29.7. The van der Waals surface area contributed by atoms with Crippen LogP contribution in [0.2, 0.25) is 0 Å². The van der Waals surface area contributed by atoms with Crippen LogP contribution in [0, 0.1) is 13.8 Å². The predicted molar refractivity (Wildman–Crippen MR) is 103 cm³/mol. The van der Waals surface area contributed by atoms with Gasteiger partial charge in [-0.3, -0.25) is 0 Å². The Balaban J connectivity index is 0.000000244. The molecule has 0 aliphatic heterocycles. The zero-order valence-corrected chi connectivity index (χ0v) is 16.6. The number of alkyl halides is 3. The normalized spacial score (nSPS) is 10.8. The van der Waals surface area contributed by atoms with Crippen molar-refractivity contribution in [3.63, 3.8) is 0 Å².